The van der Waals surface area contributed by atoms with Crippen molar-refractivity contribution in [3.63, 3.8) is 0 Å². The monoisotopic (exact) mass is 381 g/mol. The standard InChI is InChI=1S/C8H4ClF3INO3/c1-16-7-4(6(9)15)5(3(13)2-14-7)17-8(10,11)12/h2H,1H3. The van der Waals surface area contributed by atoms with Crippen LogP contribution in [0.2, 0.25) is 0 Å². The molecule has 0 aliphatic heterocycles. The molecule has 0 aliphatic rings. The minimum atomic E-state index is -4.94. The van der Waals surface area contributed by atoms with E-state index in [1.807, 2.05) is 0 Å². The van der Waals surface area contributed by atoms with E-state index in [0.717, 1.165) is 13.3 Å². The van der Waals surface area contributed by atoms with E-state index < -0.39 is 22.9 Å². The van der Waals surface area contributed by atoms with Crippen molar-refractivity contribution in [1.29, 1.82) is 0 Å². The summed E-state index contributed by atoms with van der Waals surface area (Å²) in [6.07, 6.45) is -3.86. The molecule has 0 amide bonds. The van der Waals surface area contributed by atoms with Crippen LogP contribution in [0.25, 0.3) is 0 Å². The number of ether oxygens (including phenoxy) is 2. The summed E-state index contributed by atoms with van der Waals surface area (Å²) in [5.41, 5.74) is -0.557. The number of carbonyl (C=O) groups is 1. The van der Waals surface area contributed by atoms with Crippen LogP contribution in [0.5, 0.6) is 11.6 Å². The van der Waals surface area contributed by atoms with Crippen LogP contribution in [-0.2, 0) is 0 Å². The van der Waals surface area contributed by atoms with Gasteiger partial charge < -0.3 is 9.47 Å². The first-order valence-electron chi connectivity index (χ1n) is 3.94. The van der Waals surface area contributed by atoms with Crippen LogP contribution in [0.4, 0.5) is 13.2 Å². The molecule has 9 heteroatoms. The summed E-state index contributed by atoms with van der Waals surface area (Å²) in [7, 11) is 1.15. The molecule has 0 fully saturated rings. The zero-order valence-corrected chi connectivity index (χ0v) is 11.1. The molecule has 1 rings (SSSR count). The van der Waals surface area contributed by atoms with Gasteiger partial charge in [-0.2, -0.15) is 0 Å². The number of hydrogen-bond donors (Lipinski definition) is 0. The van der Waals surface area contributed by atoms with Crippen molar-refractivity contribution in [3.8, 4) is 11.6 Å². The van der Waals surface area contributed by atoms with Gasteiger partial charge in [0, 0.05) is 6.20 Å². The van der Waals surface area contributed by atoms with Gasteiger partial charge in [-0.3, -0.25) is 4.79 Å². The van der Waals surface area contributed by atoms with Crippen LogP contribution in [0.15, 0.2) is 6.20 Å². The molecule has 0 bridgehead atoms. The molecule has 0 saturated heterocycles. The number of nitrogens with zero attached hydrogens (tertiary/aromatic N) is 1. The van der Waals surface area contributed by atoms with Crippen LogP contribution in [0.1, 0.15) is 10.4 Å². The van der Waals surface area contributed by atoms with E-state index in [9.17, 15) is 18.0 Å². The molecule has 0 aliphatic carbocycles. The van der Waals surface area contributed by atoms with E-state index in [2.05, 4.69) is 14.5 Å². The highest BCUT2D eigenvalue weighted by Gasteiger charge is 2.35. The molecule has 94 valence electrons. The second-order valence-corrected chi connectivity index (χ2v) is 4.15. The summed E-state index contributed by atoms with van der Waals surface area (Å²) in [5.74, 6) is -1.05. The highest BCUT2D eigenvalue weighted by atomic mass is 127. The second-order valence-electron chi connectivity index (χ2n) is 2.64. The van der Waals surface area contributed by atoms with Crippen molar-refractivity contribution in [2.45, 2.75) is 6.36 Å². The topological polar surface area (TPSA) is 48.4 Å². The minimum Gasteiger partial charge on any atom is -0.480 e. The maximum Gasteiger partial charge on any atom is 0.573 e. The van der Waals surface area contributed by atoms with Gasteiger partial charge in [-0.15, -0.1) is 13.2 Å². The molecule has 0 saturated carbocycles. The fourth-order valence-electron chi connectivity index (χ4n) is 0.999. The van der Waals surface area contributed by atoms with E-state index in [1.54, 1.807) is 0 Å². The highest BCUT2D eigenvalue weighted by Crippen LogP contribution is 2.35. The lowest BCUT2D eigenvalue weighted by molar-refractivity contribution is -0.275. The Morgan fingerprint density at radius 1 is 1.53 bits per heavy atom. The summed E-state index contributed by atoms with van der Waals surface area (Å²) >= 11 is 6.72. The van der Waals surface area contributed by atoms with Crippen molar-refractivity contribution in [3.05, 3.63) is 15.3 Å². The van der Waals surface area contributed by atoms with Gasteiger partial charge in [-0.05, 0) is 34.2 Å². The number of hydrogen-bond acceptors (Lipinski definition) is 4. The normalized spacial score (nSPS) is 11.2. The Morgan fingerprint density at radius 2 is 2.12 bits per heavy atom. The van der Waals surface area contributed by atoms with E-state index in [1.165, 1.54) is 22.6 Å². The molecule has 0 spiro atoms. The van der Waals surface area contributed by atoms with Crippen LogP contribution in [0, 0.1) is 3.57 Å². The number of halogens is 5. The zero-order valence-electron chi connectivity index (χ0n) is 8.14. The lowest BCUT2D eigenvalue weighted by atomic mass is 10.2. The molecule has 0 N–H and O–H groups in total. The number of carbonyl (C=O) groups excluding carboxylic acids is 1. The molecule has 4 nitrogen and oxygen atoms in total. The van der Waals surface area contributed by atoms with Crippen molar-refractivity contribution < 1.29 is 27.4 Å². The average molecular weight is 381 g/mol. The first-order chi connectivity index (χ1) is 7.76. The number of methoxy groups -OCH3 is 1. The maximum absolute atomic E-state index is 12.2. The molecule has 0 atom stereocenters. The Morgan fingerprint density at radius 3 is 2.53 bits per heavy atom. The van der Waals surface area contributed by atoms with Gasteiger partial charge in [-0.25, -0.2) is 4.98 Å². The van der Waals surface area contributed by atoms with Gasteiger partial charge in [0.2, 0.25) is 5.88 Å². The fraction of sp³-hybridized carbons (Fsp3) is 0.250. The smallest absolute Gasteiger partial charge is 0.480 e. The quantitative estimate of drug-likeness (QED) is 0.597. The molecule has 1 aromatic heterocycles. The first-order valence-corrected chi connectivity index (χ1v) is 5.40. The number of aromatic nitrogens is 1. The first kappa shape index (κ1) is 14.3. The molecular formula is C8H4ClF3INO3. The van der Waals surface area contributed by atoms with E-state index >= 15 is 0 Å². The van der Waals surface area contributed by atoms with E-state index in [4.69, 9.17) is 11.6 Å². The van der Waals surface area contributed by atoms with Crippen LogP contribution in [0.3, 0.4) is 0 Å². The Balaban J connectivity index is 3.39. The van der Waals surface area contributed by atoms with E-state index in [0.29, 0.717) is 0 Å². The number of rotatable bonds is 3. The molecule has 0 unspecified atom stereocenters. The maximum atomic E-state index is 12.2. The number of alkyl halides is 3. The van der Waals surface area contributed by atoms with Gasteiger partial charge in [0.05, 0.1) is 10.7 Å². The van der Waals surface area contributed by atoms with Gasteiger partial charge in [0.25, 0.3) is 5.24 Å². The van der Waals surface area contributed by atoms with Gasteiger partial charge in [0.1, 0.15) is 5.56 Å². The van der Waals surface area contributed by atoms with Crippen molar-refractivity contribution >= 4 is 39.4 Å². The lowest BCUT2D eigenvalue weighted by Crippen LogP contribution is -2.20. The largest absolute Gasteiger partial charge is 0.573 e. The molecule has 1 aromatic rings. The van der Waals surface area contributed by atoms with Crippen LogP contribution < -0.4 is 9.47 Å². The SMILES string of the molecule is COc1ncc(I)c(OC(F)(F)F)c1C(=O)Cl. The lowest BCUT2D eigenvalue weighted by Gasteiger charge is -2.14. The summed E-state index contributed by atoms with van der Waals surface area (Å²) in [6.45, 7) is 0. The predicted molar refractivity (Wildman–Crippen MR) is 60.4 cm³/mol. The third-order valence-corrected chi connectivity index (χ3v) is 2.52. The van der Waals surface area contributed by atoms with Crippen molar-refractivity contribution in [1.82, 2.24) is 4.98 Å². The Kier molecular flexibility index (Phi) is 4.42. The highest BCUT2D eigenvalue weighted by molar-refractivity contribution is 14.1. The van der Waals surface area contributed by atoms with Crippen LogP contribution >= 0.6 is 34.2 Å². The minimum absolute atomic E-state index is 0.00951. The summed E-state index contributed by atoms with van der Waals surface area (Å²) < 4.78 is 44.9. The predicted octanol–water partition coefficient (Wildman–Crippen LogP) is 2.97. The third kappa shape index (κ3) is 3.60. The van der Waals surface area contributed by atoms with Crippen LogP contribution in [-0.4, -0.2) is 23.7 Å². The Labute approximate surface area is 112 Å². The van der Waals surface area contributed by atoms with Crippen molar-refractivity contribution in [2.75, 3.05) is 7.11 Å². The Bertz CT molecular complexity index is 452. The molecule has 0 aromatic carbocycles. The van der Waals surface area contributed by atoms with Gasteiger partial charge in [0.15, 0.2) is 5.75 Å². The summed E-state index contributed by atoms with van der Waals surface area (Å²) in [5, 5.41) is -1.15. The summed E-state index contributed by atoms with van der Waals surface area (Å²) in [6, 6.07) is 0. The second kappa shape index (κ2) is 5.25. The van der Waals surface area contributed by atoms with Crippen molar-refractivity contribution in [2.24, 2.45) is 0 Å². The Hall–Kier alpha value is -0.770. The third-order valence-electron chi connectivity index (χ3n) is 1.56. The molecule has 0 radical (unpaired) electrons. The molecular weight excluding hydrogens is 377 g/mol. The zero-order chi connectivity index (χ0) is 13.2. The fourth-order valence-corrected chi connectivity index (χ4v) is 1.68. The van der Waals surface area contributed by atoms with Gasteiger partial charge in [-0.1, -0.05) is 0 Å². The molecule has 17 heavy (non-hydrogen) atoms. The van der Waals surface area contributed by atoms with E-state index in [-0.39, 0.29) is 9.45 Å². The summed E-state index contributed by atoms with van der Waals surface area (Å²) in [4.78, 5) is 14.7. The number of pyridine rings is 1. The molecule has 1 heterocycles. The van der Waals surface area contributed by atoms with Gasteiger partial charge >= 0.3 is 6.36 Å². The average Bonchev–Trinajstić information content (AvgIpc) is 2.18.